The quantitative estimate of drug-likeness (QED) is 0.326. The number of aromatic nitrogens is 2. The predicted molar refractivity (Wildman–Crippen MR) is 119 cm³/mol. The van der Waals surface area contributed by atoms with E-state index in [1.54, 1.807) is 37.3 Å². The maximum absolute atomic E-state index is 13.4. The topological polar surface area (TPSA) is 69.2 Å². The SMILES string of the molecule is Cc1nc2c(C(F)(F)F)cccc2nc1-c1cc(Oc2cccc(S(C)(=O)=O)c2)ccc1Cl. The van der Waals surface area contributed by atoms with Gasteiger partial charge in [-0.05, 0) is 55.5 Å². The van der Waals surface area contributed by atoms with Crippen molar-refractivity contribution in [1.82, 2.24) is 9.97 Å². The highest BCUT2D eigenvalue weighted by atomic mass is 35.5. The number of aryl methyl sites for hydroxylation is 1. The number of rotatable bonds is 4. The third-order valence-electron chi connectivity index (χ3n) is 4.84. The molecule has 5 nitrogen and oxygen atoms in total. The van der Waals surface area contributed by atoms with Crippen molar-refractivity contribution in [2.45, 2.75) is 18.0 Å². The number of alkyl halides is 3. The summed E-state index contributed by atoms with van der Waals surface area (Å²) in [6, 6.07) is 14.4. The Bertz CT molecular complexity index is 1490. The Morgan fingerprint density at radius 1 is 0.939 bits per heavy atom. The second-order valence-corrected chi connectivity index (χ2v) is 9.74. The third-order valence-corrected chi connectivity index (χ3v) is 6.28. The Balaban J connectivity index is 1.78. The Morgan fingerprint density at radius 3 is 2.33 bits per heavy atom. The summed E-state index contributed by atoms with van der Waals surface area (Å²) in [4.78, 5) is 8.66. The van der Waals surface area contributed by atoms with Crippen LogP contribution in [0, 0.1) is 6.92 Å². The average Bonchev–Trinajstić information content (AvgIpc) is 2.73. The van der Waals surface area contributed by atoms with Gasteiger partial charge in [-0.15, -0.1) is 0 Å². The molecular weight excluding hydrogens is 477 g/mol. The average molecular weight is 493 g/mol. The molecule has 0 bridgehead atoms. The predicted octanol–water partition coefficient (Wildman–Crippen LogP) is 6.47. The monoisotopic (exact) mass is 492 g/mol. The number of hydrogen-bond acceptors (Lipinski definition) is 5. The van der Waals surface area contributed by atoms with E-state index in [0.29, 0.717) is 27.8 Å². The van der Waals surface area contributed by atoms with Crippen LogP contribution in [0.3, 0.4) is 0 Å². The molecule has 0 unspecified atom stereocenters. The molecule has 1 aromatic heterocycles. The molecule has 0 radical (unpaired) electrons. The van der Waals surface area contributed by atoms with Crippen molar-refractivity contribution in [1.29, 1.82) is 0 Å². The van der Waals surface area contributed by atoms with E-state index in [1.807, 2.05) is 0 Å². The molecule has 1 heterocycles. The van der Waals surface area contributed by atoms with Gasteiger partial charge in [-0.1, -0.05) is 23.7 Å². The number of hydrogen-bond donors (Lipinski definition) is 0. The van der Waals surface area contributed by atoms with E-state index in [4.69, 9.17) is 16.3 Å². The van der Waals surface area contributed by atoms with Crippen LogP contribution >= 0.6 is 11.6 Å². The van der Waals surface area contributed by atoms with Crippen LogP contribution < -0.4 is 4.74 Å². The molecule has 0 saturated carbocycles. The molecule has 0 N–H and O–H groups in total. The zero-order chi connectivity index (χ0) is 24.0. The summed E-state index contributed by atoms with van der Waals surface area (Å²) in [5, 5.41) is 0.302. The fraction of sp³-hybridized carbons (Fsp3) is 0.130. The zero-order valence-corrected chi connectivity index (χ0v) is 18.9. The normalized spacial score (nSPS) is 12.2. The minimum Gasteiger partial charge on any atom is -0.457 e. The molecule has 0 spiro atoms. The summed E-state index contributed by atoms with van der Waals surface area (Å²) < 4.78 is 69.5. The highest BCUT2D eigenvalue weighted by molar-refractivity contribution is 7.90. The molecule has 33 heavy (non-hydrogen) atoms. The zero-order valence-electron chi connectivity index (χ0n) is 17.3. The lowest BCUT2D eigenvalue weighted by Gasteiger charge is -2.14. The van der Waals surface area contributed by atoms with Crippen LogP contribution in [0.25, 0.3) is 22.3 Å². The van der Waals surface area contributed by atoms with Crippen molar-refractivity contribution >= 4 is 32.5 Å². The van der Waals surface area contributed by atoms with Gasteiger partial charge in [0.2, 0.25) is 0 Å². The third kappa shape index (κ3) is 4.79. The van der Waals surface area contributed by atoms with E-state index in [2.05, 4.69) is 9.97 Å². The number of ether oxygens (including phenoxy) is 1. The van der Waals surface area contributed by atoms with Crippen molar-refractivity contribution in [3.05, 3.63) is 76.9 Å². The number of para-hydroxylation sites is 1. The van der Waals surface area contributed by atoms with Crippen LogP contribution in [0.2, 0.25) is 5.02 Å². The van der Waals surface area contributed by atoms with Crippen molar-refractivity contribution in [3.63, 3.8) is 0 Å². The summed E-state index contributed by atoms with van der Waals surface area (Å²) in [6.45, 7) is 1.55. The van der Waals surface area contributed by atoms with Gasteiger partial charge in [0, 0.05) is 11.8 Å². The van der Waals surface area contributed by atoms with Gasteiger partial charge in [-0.2, -0.15) is 13.2 Å². The second-order valence-electron chi connectivity index (χ2n) is 7.32. The van der Waals surface area contributed by atoms with E-state index >= 15 is 0 Å². The first-order chi connectivity index (χ1) is 15.4. The van der Waals surface area contributed by atoms with Crippen molar-refractivity contribution in [2.24, 2.45) is 0 Å². The van der Waals surface area contributed by atoms with E-state index in [1.165, 1.54) is 24.3 Å². The highest BCUT2D eigenvalue weighted by Crippen LogP contribution is 2.37. The first kappa shape index (κ1) is 23.0. The molecule has 0 saturated heterocycles. The van der Waals surface area contributed by atoms with Crippen molar-refractivity contribution < 1.29 is 26.3 Å². The van der Waals surface area contributed by atoms with Crippen molar-refractivity contribution in [2.75, 3.05) is 6.26 Å². The minimum absolute atomic E-state index is 0.0775. The summed E-state index contributed by atoms with van der Waals surface area (Å²) in [5.74, 6) is 0.632. The lowest BCUT2D eigenvalue weighted by Crippen LogP contribution is -2.08. The lowest BCUT2D eigenvalue weighted by molar-refractivity contribution is -0.136. The van der Waals surface area contributed by atoms with Crippen molar-refractivity contribution in [3.8, 4) is 22.8 Å². The largest absolute Gasteiger partial charge is 0.457 e. The number of fused-ring (bicyclic) bond motifs is 1. The second kappa shape index (κ2) is 8.31. The van der Waals surface area contributed by atoms with Gasteiger partial charge in [0.05, 0.1) is 32.4 Å². The lowest BCUT2D eigenvalue weighted by atomic mass is 10.1. The van der Waals surface area contributed by atoms with Crippen LogP contribution in [0.15, 0.2) is 65.6 Å². The van der Waals surface area contributed by atoms with Crippen LogP contribution in [0.1, 0.15) is 11.3 Å². The maximum atomic E-state index is 13.4. The minimum atomic E-state index is -4.56. The molecule has 0 aliphatic heterocycles. The molecule has 4 aromatic rings. The fourth-order valence-corrected chi connectivity index (χ4v) is 4.16. The van der Waals surface area contributed by atoms with Crippen LogP contribution in [0.4, 0.5) is 13.2 Å². The summed E-state index contributed by atoms with van der Waals surface area (Å²) in [7, 11) is -3.42. The van der Waals surface area contributed by atoms with Gasteiger partial charge >= 0.3 is 6.18 Å². The summed E-state index contributed by atoms with van der Waals surface area (Å²) in [6.07, 6.45) is -3.47. The molecular formula is C23H16ClF3N2O3S. The van der Waals surface area contributed by atoms with Gasteiger partial charge in [-0.3, -0.25) is 0 Å². The number of sulfone groups is 1. The molecule has 4 rings (SSSR count). The van der Waals surface area contributed by atoms with E-state index in [9.17, 15) is 21.6 Å². The van der Waals surface area contributed by atoms with Crippen LogP contribution in [-0.2, 0) is 16.0 Å². The summed E-state index contributed by atoms with van der Waals surface area (Å²) in [5.41, 5.74) is -0.0469. The fourth-order valence-electron chi connectivity index (χ4n) is 3.30. The van der Waals surface area contributed by atoms with Gasteiger partial charge in [0.15, 0.2) is 9.84 Å². The molecule has 10 heteroatoms. The first-order valence-corrected chi connectivity index (χ1v) is 11.8. The molecule has 3 aromatic carbocycles. The Morgan fingerprint density at radius 2 is 1.64 bits per heavy atom. The van der Waals surface area contributed by atoms with E-state index in [0.717, 1.165) is 12.3 Å². The van der Waals surface area contributed by atoms with Gasteiger partial charge in [0.1, 0.15) is 17.0 Å². The molecule has 0 aliphatic carbocycles. The number of halogens is 4. The molecule has 0 amide bonds. The standard InChI is InChI=1S/C23H16ClF3N2O3S/c1-13-21(29-20-8-4-7-18(22(20)28-13)23(25,26)27)17-12-15(9-10-19(17)24)32-14-5-3-6-16(11-14)33(2,30)31/h3-12H,1-2H3. The van der Waals surface area contributed by atoms with Crippen LogP contribution in [0.5, 0.6) is 11.5 Å². The molecule has 0 aliphatic rings. The Hall–Kier alpha value is -3.17. The molecule has 170 valence electrons. The number of nitrogens with zero attached hydrogens (tertiary/aromatic N) is 2. The van der Waals surface area contributed by atoms with Crippen LogP contribution in [-0.4, -0.2) is 24.6 Å². The molecule has 0 atom stereocenters. The Kier molecular flexibility index (Phi) is 5.79. The van der Waals surface area contributed by atoms with E-state index in [-0.39, 0.29) is 21.6 Å². The van der Waals surface area contributed by atoms with Gasteiger partial charge in [0.25, 0.3) is 0 Å². The first-order valence-electron chi connectivity index (χ1n) is 9.56. The van der Waals surface area contributed by atoms with E-state index < -0.39 is 21.6 Å². The number of benzene rings is 3. The van der Waals surface area contributed by atoms with Gasteiger partial charge < -0.3 is 4.74 Å². The molecule has 0 fully saturated rings. The smallest absolute Gasteiger partial charge is 0.418 e. The maximum Gasteiger partial charge on any atom is 0.418 e. The highest BCUT2D eigenvalue weighted by Gasteiger charge is 2.33. The summed E-state index contributed by atoms with van der Waals surface area (Å²) >= 11 is 6.36. The Labute approximate surface area is 192 Å². The van der Waals surface area contributed by atoms with Gasteiger partial charge in [-0.25, -0.2) is 18.4 Å².